The number of benzene rings is 1. The zero-order chi connectivity index (χ0) is 13.1. The first-order valence-electron chi connectivity index (χ1n) is 6.55. The molecule has 0 saturated carbocycles. The van der Waals surface area contributed by atoms with Gasteiger partial charge in [-0.1, -0.05) is 20.3 Å². The number of anilines is 1. The van der Waals surface area contributed by atoms with Gasteiger partial charge in [0.15, 0.2) is 0 Å². The Labute approximate surface area is 107 Å². The van der Waals surface area contributed by atoms with Gasteiger partial charge in [-0.2, -0.15) is 0 Å². The van der Waals surface area contributed by atoms with Crippen molar-refractivity contribution in [3.8, 4) is 0 Å². The molecule has 4 heteroatoms. The van der Waals surface area contributed by atoms with Crippen LogP contribution in [-0.2, 0) is 0 Å². The zero-order valence-electron chi connectivity index (χ0n) is 10.9. The van der Waals surface area contributed by atoms with Crippen LogP contribution >= 0.6 is 0 Å². The molecule has 1 aromatic carbocycles. The predicted molar refractivity (Wildman–Crippen MR) is 69.8 cm³/mol. The summed E-state index contributed by atoms with van der Waals surface area (Å²) < 4.78 is 27.0. The van der Waals surface area contributed by atoms with Crippen molar-refractivity contribution in [2.45, 2.75) is 26.3 Å². The first-order chi connectivity index (χ1) is 8.61. The van der Waals surface area contributed by atoms with Crippen molar-refractivity contribution < 1.29 is 8.78 Å². The van der Waals surface area contributed by atoms with Crippen LogP contribution in [0.2, 0.25) is 0 Å². The molecule has 1 aliphatic rings. The Morgan fingerprint density at radius 3 is 2.94 bits per heavy atom. The summed E-state index contributed by atoms with van der Waals surface area (Å²) in [5, 5.41) is 3.45. The van der Waals surface area contributed by atoms with Gasteiger partial charge in [0.1, 0.15) is 11.6 Å². The zero-order valence-corrected chi connectivity index (χ0v) is 10.9. The highest BCUT2D eigenvalue weighted by molar-refractivity contribution is 5.48. The van der Waals surface area contributed by atoms with Gasteiger partial charge >= 0.3 is 0 Å². The topological polar surface area (TPSA) is 15.3 Å². The molecule has 0 aromatic heterocycles. The number of hydrogen-bond acceptors (Lipinski definition) is 2. The molecule has 1 saturated heterocycles. The molecule has 0 aliphatic carbocycles. The second-order valence-electron chi connectivity index (χ2n) is 4.99. The lowest BCUT2D eigenvalue weighted by molar-refractivity contribution is 0.340. The van der Waals surface area contributed by atoms with Crippen molar-refractivity contribution in [3.63, 3.8) is 0 Å². The Kier molecular flexibility index (Phi) is 4.17. The summed E-state index contributed by atoms with van der Waals surface area (Å²) in [6.45, 7) is 6.59. The van der Waals surface area contributed by atoms with Crippen LogP contribution in [0.15, 0.2) is 18.2 Å². The van der Waals surface area contributed by atoms with E-state index in [1.54, 1.807) is 0 Å². The van der Waals surface area contributed by atoms with Gasteiger partial charge < -0.3 is 10.2 Å². The Balaban J connectivity index is 2.15. The van der Waals surface area contributed by atoms with Crippen molar-refractivity contribution in [1.82, 2.24) is 5.32 Å². The lowest BCUT2D eigenvalue weighted by Crippen LogP contribution is -2.53. The van der Waals surface area contributed by atoms with Crippen LogP contribution in [0.5, 0.6) is 0 Å². The quantitative estimate of drug-likeness (QED) is 0.892. The molecule has 1 heterocycles. The van der Waals surface area contributed by atoms with Crippen LogP contribution < -0.4 is 10.2 Å². The normalized spacial score (nSPS) is 22.0. The Hall–Kier alpha value is -1.16. The van der Waals surface area contributed by atoms with Crippen molar-refractivity contribution in [2.75, 3.05) is 24.5 Å². The maximum absolute atomic E-state index is 13.7. The summed E-state index contributed by atoms with van der Waals surface area (Å²) in [5.74, 6) is -0.198. The molecule has 2 rings (SSSR count). The molecule has 0 spiro atoms. The first kappa shape index (κ1) is 13.3. The molecule has 0 radical (unpaired) electrons. The predicted octanol–water partition coefficient (Wildman–Crippen LogP) is 2.79. The van der Waals surface area contributed by atoms with Crippen LogP contribution in [0, 0.1) is 17.6 Å². The Bertz CT molecular complexity index is 409. The summed E-state index contributed by atoms with van der Waals surface area (Å²) in [7, 11) is 0. The summed E-state index contributed by atoms with van der Waals surface area (Å²) in [6, 6.07) is 3.98. The van der Waals surface area contributed by atoms with Crippen LogP contribution in [0.25, 0.3) is 0 Å². The largest absolute Gasteiger partial charge is 0.366 e. The average Bonchev–Trinajstić information content (AvgIpc) is 2.40. The fourth-order valence-electron chi connectivity index (χ4n) is 2.39. The lowest BCUT2D eigenvalue weighted by atomic mass is 9.97. The summed E-state index contributed by atoms with van der Waals surface area (Å²) in [4.78, 5) is 1.94. The van der Waals surface area contributed by atoms with Crippen LogP contribution in [-0.4, -0.2) is 25.7 Å². The van der Waals surface area contributed by atoms with E-state index < -0.39 is 0 Å². The standard InChI is InChI=1S/C14H20F2N2/c1-3-10(2)13-9-18(7-6-17-13)14-8-11(15)4-5-12(14)16/h4-5,8,10,13,17H,3,6-7,9H2,1-2H3. The molecule has 1 N–H and O–H groups in total. The molecule has 100 valence electrons. The summed E-state index contributed by atoms with van der Waals surface area (Å²) in [5.41, 5.74) is 0.379. The van der Waals surface area contributed by atoms with E-state index in [1.165, 1.54) is 12.1 Å². The van der Waals surface area contributed by atoms with Crippen molar-refractivity contribution in [3.05, 3.63) is 29.8 Å². The number of hydrogen-bond donors (Lipinski definition) is 1. The van der Waals surface area contributed by atoms with Crippen LogP contribution in [0.3, 0.4) is 0 Å². The number of halogens is 2. The fourth-order valence-corrected chi connectivity index (χ4v) is 2.39. The highest BCUT2D eigenvalue weighted by Crippen LogP contribution is 2.23. The van der Waals surface area contributed by atoms with Crippen LogP contribution in [0.1, 0.15) is 20.3 Å². The number of piperazine rings is 1. The average molecular weight is 254 g/mol. The maximum atomic E-state index is 13.7. The van der Waals surface area contributed by atoms with Gasteiger partial charge in [0.05, 0.1) is 5.69 Å². The van der Waals surface area contributed by atoms with E-state index in [-0.39, 0.29) is 11.6 Å². The van der Waals surface area contributed by atoms with Gasteiger partial charge in [0.2, 0.25) is 0 Å². The molecule has 2 atom stereocenters. The smallest absolute Gasteiger partial charge is 0.146 e. The fraction of sp³-hybridized carbons (Fsp3) is 0.571. The number of nitrogens with one attached hydrogen (secondary N) is 1. The van der Waals surface area contributed by atoms with Gasteiger partial charge in [0.25, 0.3) is 0 Å². The third kappa shape index (κ3) is 2.80. The molecule has 1 fully saturated rings. The number of rotatable bonds is 3. The maximum Gasteiger partial charge on any atom is 0.146 e. The molecular weight excluding hydrogens is 234 g/mol. The van der Waals surface area contributed by atoms with Crippen molar-refractivity contribution in [1.29, 1.82) is 0 Å². The molecule has 1 aliphatic heterocycles. The third-order valence-corrected chi connectivity index (χ3v) is 3.79. The van der Waals surface area contributed by atoms with Gasteiger partial charge in [-0.05, 0) is 18.1 Å². The summed E-state index contributed by atoms with van der Waals surface area (Å²) >= 11 is 0. The van der Waals surface area contributed by atoms with E-state index in [0.29, 0.717) is 24.2 Å². The molecule has 2 nitrogen and oxygen atoms in total. The van der Waals surface area contributed by atoms with Crippen LogP contribution in [0.4, 0.5) is 14.5 Å². The number of nitrogens with zero attached hydrogens (tertiary/aromatic N) is 1. The molecule has 1 aromatic rings. The van der Waals surface area contributed by atoms with Gasteiger partial charge in [-0.15, -0.1) is 0 Å². The van der Waals surface area contributed by atoms with Gasteiger partial charge in [0, 0.05) is 31.7 Å². The SMILES string of the molecule is CCC(C)C1CN(c2cc(F)ccc2F)CCN1. The highest BCUT2D eigenvalue weighted by atomic mass is 19.1. The monoisotopic (exact) mass is 254 g/mol. The Morgan fingerprint density at radius 2 is 2.22 bits per heavy atom. The Morgan fingerprint density at radius 1 is 1.44 bits per heavy atom. The van der Waals surface area contributed by atoms with Gasteiger partial charge in [-0.3, -0.25) is 0 Å². The van der Waals surface area contributed by atoms with E-state index in [1.807, 2.05) is 4.90 Å². The summed E-state index contributed by atoms with van der Waals surface area (Å²) in [6.07, 6.45) is 1.08. The van der Waals surface area contributed by atoms with Crippen molar-refractivity contribution >= 4 is 5.69 Å². The second kappa shape index (κ2) is 5.65. The second-order valence-corrected chi connectivity index (χ2v) is 4.99. The lowest BCUT2D eigenvalue weighted by Gasteiger charge is -2.38. The van der Waals surface area contributed by atoms with E-state index >= 15 is 0 Å². The van der Waals surface area contributed by atoms with Gasteiger partial charge in [-0.25, -0.2) is 8.78 Å². The first-order valence-corrected chi connectivity index (χ1v) is 6.55. The minimum absolute atomic E-state index is 0.339. The van der Waals surface area contributed by atoms with E-state index in [4.69, 9.17) is 0 Å². The minimum Gasteiger partial charge on any atom is -0.366 e. The molecule has 0 bridgehead atoms. The molecule has 2 unspecified atom stereocenters. The van der Waals surface area contributed by atoms with E-state index in [2.05, 4.69) is 19.2 Å². The molecular formula is C14H20F2N2. The van der Waals surface area contributed by atoms with E-state index in [0.717, 1.165) is 25.6 Å². The highest BCUT2D eigenvalue weighted by Gasteiger charge is 2.24. The van der Waals surface area contributed by atoms with Crippen molar-refractivity contribution in [2.24, 2.45) is 5.92 Å². The third-order valence-electron chi connectivity index (χ3n) is 3.79. The molecule has 18 heavy (non-hydrogen) atoms. The minimum atomic E-state index is -0.384. The molecule has 0 amide bonds. The van der Waals surface area contributed by atoms with E-state index in [9.17, 15) is 8.78 Å².